The van der Waals surface area contributed by atoms with Gasteiger partial charge in [0.2, 0.25) is 0 Å². The van der Waals surface area contributed by atoms with Gasteiger partial charge in [-0.2, -0.15) is 5.10 Å². The number of nitrogens with zero attached hydrogens (tertiary/aromatic N) is 2. The molecule has 0 unspecified atom stereocenters. The van der Waals surface area contributed by atoms with Crippen molar-refractivity contribution in [3.8, 4) is 11.5 Å². The van der Waals surface area contributed by atoms with Crippen LogP contribution in [0.15, 0.2) is 99.4 Å². The molecule has 4 aromatic carbocycles. The zero-order chi connectivity index (χ0) is 30.3. The maximum Gasteiger partial charge on any atom is 0.264 e. The van der Waals surface area contributed by atoms with Crippen LogP contribution in [0.25, 0.3) is 0 Å². The van der Waals surface area contributed by atoms with E-state index in [-0.39, 0.29) is 4.90 Å². The van der Waals surface area contributed by atoms with Gasteiger partial charge in [-0.15, -0.1) is 0 Å². The Kier molecular flexibility index (Phi) is 10.0. The maximum absolute atomic E-state index is 13.6. The fourth-order valence-corrected chi connectivity index (χ4v) is 6.06. The van der Waals surface area contributed by atoms with Gasteiger partial charge in [-0.3, -0.25) is 9.10 Å². The van der Waals surface area contributed by atoms with Crippen molar-refractivity contribution in [3.63, 3.8) is 0 Å². The van der Waals surface area contributed by atoms with Crippen molar-refractivity contribution in [2.45, 2.75) is 32.3 Å². The van der Waals surface area contributed by atoms with E-state index in [0.717, 1.165) is 21.0 Å². The molecule has 0 aliphatic rings. The minimum absolute atomic E-state index is 0.0903. The highest BCUT2D eigenvalue weighted by molar-refractivity contribution is 9.10. The minimum atomic E-state index is -4.02. The van der Waals surface area contributed by atoms with Crippen molar-refractivity contribution >= 4 is 43.8 Å². The van der Waals surface area contributed by atoms with E-state index in [4.69, 9.17) is 9.47 Å². The summed E-state index contributed by atoms with van der Waals surface area (Å²) in [5, 5.41) is 4.06. The largest absolute Gasteiger partial charge is 0.493 e. The SMILES string of the molecule is COc1cc(/C=N\NC(=O)CN(c2cccc(C)c2)S(=O)(=O)c2ccc(C)cc2)cc(Br)c1OCc1ccc(C)cc1. The molecule has 0 aliphatic heterocycles. The number of anilines is 1. The molecular weight excluding hydrogens is 618 g/mol. The Hall–Kier alpha value is -4.15. The van der Waals surface area contributed by atoms with Gasteiger partial charge in [0, 0.05) is 0 Å². The molecular formula is C32H32BrN3O5S. The van der Waals surface area contributed by atoms with Crippen LogP contribution in [-0.4, -0.2) is 34.2 Å². The van der Waals surface area contributed by atoms with Crippen molar-refractivity contribution < 1.29 is 22.7 Å². The van der Waals surface area contributed by atoms with Crippen LogP contribution in [0.3, 0.4) is 0 Å². The first kappa shape index (κ1) is 30.8. The summed E-state index contributed by atoms with van der Waals surface area (Å²) >= 11 is 3.53. The van der Waals surface area contributed by atoms with Gasteiger partial charge in [-0.05, 0) is 89.8 Å². The Labute approximate surface area is 255 Å². The third-order valence-electron chi connectivity index (χ3n) is 6.34. The van der Waals surface area contributed by atoms with E-state index in [1.807, 2.05) is 51.1 Å². The molecule has 4 rings (SSSR count). The number of hydrogen-bond acceptors (Lipinski definition) is 6. The van der Waals surface area contributed by atoms with Crippen LogP contribution in [-0.2, 0) is 21.4 Å². The summed E-state index contributed by atoms with van der Waals surface area (Å²) in [6.45, 7) is 5.66. The van der Waals surface area contributed by atoms with Gasteiger partial charge >= 0.3 is 0 Å². The lowest BCUT2D eigenvalue weighted by Crippen LogP contribution is -2.39. The summed E-state index contributed by atoms with van der Waals surface area (Å²) in [6, 6.07) is 25.0. The van der Waals surface area contributed by atoms with Crippen molar-refractivity contribution in [1.82, 2.24) is 5.43 Å². The minimum Gasteiger partial charge on any atom is -0.493 e. The highest BCUT2D eigenvalue weighted by Crippen LogP contribution is 2.37. The molecule has 8 nitrogen and oxygen atoms in total. The van der Waals surface area contributed by atoms with Crippen molar-refractivity contribution in [2.75, 3.05) is 18.0 Å². The second-order valence-electron chi connectivity index (χ2n) is 9.77. The first-order chi connectivity index (χ1) is 20.1. The molecule has 0 fully saturated rings. The standard InChI is InChI=1S/C32H32BrN3O5S/c1-22-8-12-25(13-9-22)21-41-32-29(33)17-26(18-30(32)40-4)19-34-35-31(37)20-36(27-7-5-6-24(3)16-27)42(38,39)28-14-10-23(2)11-15-28/h5-19H,20-21H2,1-4H3,(H,35,37)/b34-19-. The lowest BCUT2D eigenvalue weighted by Gasteiger charge is -2.24. The van der Waals surface area contributed by atoms with Crippen LogP contribution in [0.1, 0.15) is 27.8 Å². The van der Waals surface area contributed by atoms with Crippen LogP contribution in [0.4, 0.5) is 5.69 Å². The number of carbonyl (C=O) groups is 1. The average molecular weight is 651 g/mol. The topological polar surface area (TPSA) is 97.3 Å². The first-order valence-corrected chi connectivity index (χ1v) is 15.3. The van der Waals surface area contributed by atoms with Gasteiger partial charge in [0.25, 0.3) is 15.9 Å². The van der Waals surface area contributed by atoms with Crippen LogP contribution in [0.5, 0.6) is 11.5 Å². The molecule has 1 N–H and O–H groups in total. The molecule has 0 aromatic heterocycles. The molecule has 0 atom stereocenters. The Morgan fingerprint density at radius 2 is 1.60 bits per heavy atom. The van der Waals surface area contributed by atoms with Crippen LogP contribution < -0.4 is 19.2 Å². The first-order valence-electron chi connectivity index (χ1n) is 13.1. The van der Waals surface area contributed by atoms with E-state index in [9.17, 15) is 13.2 Å². The van der Waals surface area contributed by atoms with Crippen molar-refractivity contribution in [3.05, 3.63) is 117 Å². The molecule has 0 radical (unpaired) electrons. The Balaban J connectivity index is 1.48. The molecule has 0 saturated carbocycles. The number of rotatable bonds is 11. The number of carbonyl (C=O) groups excluding carboxylic acids is 1. The Morgan fingerprint density at radius 3 is 2.24 bits per heavy atom. The number of ether oxygens (including phenoxy) is 2. The van der Waals surface area contributed by atoms with E-state index in [1.165, 1.54) is 31.0 Å². The fraction of sp³-hybridized carbons (Fsp3) is 0.188. The number of hydrazone groups is 1. The monoisotopic (exact) mass is 649 g/mol. The van der Waals surface area contributed by atoms with Crippen LogP contribution in [0.2, 0.25) is 0 Å². The summed E-state index contributed by atoms with van der Waals surface area (Å²) < 4.78 is 40.4. The number of hydrogen-bond donors (Lipinski definition) is 1. The quantitative estimate of drug-likeness (QED) is 0.152. The number of methoxy groups -OCH3 is 1. The van der Waals surface area contributed by atoms with E-state index < -0.39 is 22.5 Å². The highest BCUT2D eigenvalue weighted by atomic mass is 79.9. The van der Waals surface area contributed by atoms with Crippen LogP contribution >= 0.6 is 15.9 Å². The average Bonchev–Trinajstić information content (AvgIpc) is 2.96. The molecule has 4 aromatic rings. The zero-order valence-electron chi connectivity index (χ0n) is 23.8. The number of sulfonamides is 1. The van der Waals surface area contributed by atoms with Gasteiger partial charge < -0.3 is 9.47 Å². The maximum atomic E-state index is 13.6. The lowest BCUT2D eigenvalue weighted by molar-refractivity contribution is -0.119. The number of benzene rings is 4. The third-order valence-corrected chi connectivity index (χ3v) is 8.72. The van der Waals surface area contributed by atoms with Crippen molar-refractivity contribution in [2.24, 2.45) is 5.10 Å². The fourth-order valence-electron chi connectivity index (χ4n) is 4.07. The predicted molar refractivity (Wildman–Crippen MR) is 169 cm³/mol. The van der Waals surface area contributed by atoms with E-state index in [1.54, 1.807) is 42.5 Å². The highest BCUT2D eigenvalue weighted by Gasteiger charge is 2.27. The number of halogens is 1. The third kappa shape index (κ3) is 7.77. The van der Waals surface area contributed by atoms with Gasteiger partial charge in [0.1, 0.15) is 13.2 Å². The second kappa shape index (κ2) is 13.7. The lowest BCUT2D eigenvalue weighted by atomic mass is 10.2. The van der Waals surface area contributed by atoms with Gasteiger partial charge in [0.05, 0.1) is 28.4 Å². The molecule has 42 heavy (non-hydrogen) atoms. The molecule has 0 aliphatic carbocycles. The molecule has 0 bridgehead atoms. The molecule has 0 saturated heterocycles. The smallest absolute Gasteiger partial charge is 0.264 e. The van der Waals surface area contributed by atoms with E-state index in [0.29, 0.717) is 33.8 Å². The molecule has 0 heterocycles. The predicted octanol–water partition coefficient (Wildman–Crippen LogP) is 6.31. The van der Waals surface area contributed by atoms with E-state index >= 15 is 0 Å². The Morgan fingerprint density at radius 1 is 0.929 bits per heavy atom. The molecule has 218 valence electrons. The number of nitrogens with one attached hydrogen (secondary N) is 1. The molecule has 10 heteroatoms. The second-order valence-corrected chi connectivity index (χ2v) is 12.5. The van der Waals surface area contributed by atoms with Gasteiger partial charge in [-0.1, -0.05) is 59.7 Å². The molecule has 0 spiro atoms. The Bertz CT molecular complexity index is 1690. The van der Waals surface area contributed by atoms with Gasteiger partial charge in [-0.25, -0.2) is 13.8 Å². The summed E-state index contributed by atoms with van der Waals surface area (Å²) in [5.41, 5.74) is 7.43. The van der Waals surface area contributed by atoms with E-state index in [2.05, 4.69) is 26.5 Å². The molecule has 1 amide bonds. The number of aryl methyl sites for hydroxylation is 3. The normalized spacial score (nSPS) is 11.4. The van der Waals surface area contributed by atoms with Gasteiger partial charge in [0.15, 0.2) is 11.5 Å². The zero-order valence-corrected chi connectivity index (χ0v) is 26.2. The number of amides is 1. The van der Waals surface area contributed by atoms with Crippen molar-refractivity contribution in [1.29, 1.82) is 0 Å². The summed E-state index contributed by atoms with van der Waals surface area (Å²) in [7, 11) is -2.48. The summed E-state index contributed by atoms with van der Waals surface area (Å²) in [6.07, 6.45) is 1.44. The summed E-state index contributed by atoms with van der Waals surface area (Å²) in [5.74, 6) is 0.418. The summed E-state index contributed by atoms with van der Waals surface area (Å²) in [4.78, 5) is 13.0. The van der Waals surface area contributed by atoms with Crippen LogP contribution in [0, 0.1) is 20.8 Å².